The number of methoxy groups -OCH3 is 2. The number of ether oxygens (including phenoxy) is 2. The second-order valence-electron chi connectivity index (χ2n) is 3.84. The molecule has 0 bridgehead atoms. The number of hydrogen-bond acceptors (Lipinski definition) is 4. The molecule has 0 heterocycles. The van der Waals surface area contributed by atoms with Crippen LogP contribution in [0.1, 0.15) is 23.7 Å². The van der Waals surface area contributed by atoms with E-state index in [9.17, 15) is 9.59 Å². The highest BCUT2D eigenvalue weighted by molar-refractivity contribution is 5.99. The number of amides is 1. The molecule has 0 unspecified atom stereocenters. The first kappa shape index (κ1) is 14.8. The van der Waals surface area contributed by atoms with Crippen LogP contribution in [0.15, 0.2) is 18.2 Å². The molecule has 0 aliphatic rings. The number of nitrogens with one attached hydrogen (secondary N) is 1. The monoisotopic (exact) mass is 267 g/mol. The number of carbonyl (C=O) groups excluding carboxylic acids is 1. The molecule has 0 aliphatic carbocycles. The standard InChI is InChI=1S/C13H17NO5/c1-4-10(13(16)17)14-12(15)9-6-5-8(18-2)7-11(9)19-3/h5-7,10H,4H2,1-3H3,(H,14,15)(H,16,17)/t10-/m1/s1. The highest BCUT2D eigenvalue weighted by Crippen LogP contribution is 2.24. The number of carboxylic acid groups (broad SMARTS) is 1. The molecule has 0 spiro atoms. The van der Waals surface area contributed by atoms with Crippen molar-refractivity contribution in [3.63, 3.8) is 0 Å². The van der Waals surface area contributed by atoms with Gasteiger partial charge in [-0.3, -0.25) is 4.79 Å². The lowest BCUT2D eigenvalue weighted by Gasteiger charge is -2.14. The van der Waals surface area contributed by atoms with Gasteiger partial charge in [-0.1, -0.05) is 6.92 Å². The third-order valence-electron chi connectivity index (χ3n) is 2.66. The van der Waals surface area contributed by atoms with Gasteiger partial charge in [0.15, 0.2) is 0 Å². The van der Waals surface area contributed by atoms with Gasteiger partial charge in [-0.05, 0) is 18.6 Å². The molecule has 0 saturated heterocycles. The average Bonchev–Trinajstić information content (AvgIpc) is 2.43. The Balaban J connectivity index is 2.96. The minimum atomic E-state index is -1.07. The van der Waals surface area contributed by atoms with Crippen LogP contribution in [0.4, 0.5) is 0 Å². The minimum Gasteiger partial charge on any atom is -0.497 e. The molecule has 1 amide bonds. The van der Waals surface area contributed by atoms with Crippen molar-refractivity contribution in [1.29, 1.82) is 0 Å². The van der Waals surface area contributed by atoms with E-state index in [1.54, 1.807) is 19.1 Å². The molecule has 104 valence electrons. The number of benzene rings is 1. The maximum Gasteiger partial charge on any atom is 0.326 e. The number of carboxylic acids is 1. The van der Waals surface area contributed by atoms with Crippen LogP contribution in [-0.4, -0.2) is 37.2 Å². The molecule has 1 rings (SSSR count). The zero-order valence-electron chi connectivity index (χ0n) is 11.1. The first-order chi connectivity index (χ1) is 9.03. The van der Waals surface area contributed by atoms with Crippen molar-refractivity contribution in [1.82, 2.24) is 5.32 Å². The van der Waals surface area contributed by atoms with Gasteiger partial charge in [-0.15, -0.1) is 0 Å². The SMILES string of the molecule is CC[C@@H](NC(=O)c1ccc(OC)cc1OC)C(=O)O. The Morgan fingerprint density at radius 3 is 2.47 bits per heavy atom. The zero-order valence-corrected chi connectivity index (χ0v) is 11.1. The van der Waals surface area contributed by atoms with E-state index in [1.807, 2.05) is 0 Å². The number of rotatable bonds is 6. The predicted molar refractivity (Wildman–Crippen MR) is 68.7 cm³/mol. The van der Waals surface area contributed by atoms with E-state index >= 15 is 0 Å². The molecule has 6 heteroatoms. The molecule has 6 nitrogen and oxygen atoms in total. The van der Waals surface area contributed by atoms with Crippen LogP contribution in [0.2, 0.25) is 0 Å². The molecular weight excluding hydrogens is 250 g/mol. The third kappa shape index (κ3) is 3.61. The molecule has 0 radical (unpaired) electrons. The van der Waals surface area contributed by atoms with Crippen LogP contribution in [0.3, 0.4) is 0 Å². The number of hydrogen-bond donors (Lipinski definition) is 2. The molecule has 1 atom stereocenters. The van der Waals surface area contributed by atoms with Crippen molar-refractivity contribution < 1.29 is 24.2 Å². The van der Waals surface area contributed by atoms with E-state index in [1.165, 1.54) is 20.3 Å². The maximum atomic E-state index is 12.0. The fourth-order valence-electron chi connectivity index (χ4n) is 1.56. The van der Waals surface area contributed by atoms with Crippen LogP contribution < -0.4 is 14.8 Å². The van der Waals surface area contributed by atoms with Gasteiger partial charge in [0.2, 0.25) is 0 Å². The van der Waals surface area contributed by atoms with Gasteiger partial charge in [0.1, 0.15) is 17.5 Å². The predicted octanol–water partition coefficient (Wildman–Crippen LogP) is 1.30. The minimum absolute atomic E-state index is 0.267. The van der Waals surface area contributed by atoms with Crippen LogP contribution in [0.5, 0.6) is 11.5 Å². The Bertz CT molecular complexity index is 472. The van der Waals surface area contributed by atoms with E-state index in [4.69, 9.17) is 14.6 Å². The zero-order chi connectivity index (χ0) is 14.4. The van der Waals surface area contributed by atoms with E-state index < -0.39 is 17.9 Å². The first-order valence-corrected chi connectivity index (χ1v) is 5.79. The summed E-state index contributed by atoms with van der Waals surface area (Å²) >= 11 is 0. The van der Waals surface area contributed by atoms with Gasteiger partial charge in [0.05, 0.1) is 19.8 Å². The largest absolute Gasteiger partial charge is 0.497 e. The fourth-order valence-corrected chi connectivity index (χ4v) is 1.56. The summed E-state index contributed by atoms with van der Waals surface area (Å²) in [5.74, 6) is -0.673. The Hall–Kier alpha value is -2.24. The van der Waals surface area contributed by atoms with E-state index in [0.29, 0.717) is 17.9 Å². The summed E-state index contributed by atoms with van der Waals surface area (Å²) in [5.41, 5.74) is 0.267. The summed E-state index contributed by atoms with van der Waals surface area (Å²) in [5, 5.41) is 11.3. The molecule has 1 aromatic carbocycles. The molecule has 2 N–H and O–H groups in total. The maximum absolute atomic E-state index is 12.0. The summed E-state index contributed by atoms with van der Waals surface area (Å²) in [6.07, 6.45) is 0.305. The highest BCUT2D eigenvalue weighted by atomic mass is 16.5. The van der Waals surface area contributed by atoms with Crippen molar-refractivity contribution in [2.45, 2.75) is 19.4 Å². The topological polar surface area (TPSA) is 84.9 Å². The Morgan fingerprint density at radius 2 is 2.00 bits per heavy atom. The summed E-state index contributed by atoms with van der Waals surface area (Å²) in [7, 11) is 2.94. The molecule has 0 aliphatic heterocycles. The van der Waals surface area contributed by atoms with E-state index in [0.717, 1.165) is 0 Å². The van der Waals surface area contributed by atoms with Gasteiger partial charge in [-0.25, -0.2) is 4.79 Å². The molecule has 1 aromatic rings. The van der Waals surface area contributed by atoms with E-state index in [2.05, 4.69) is 5.32 Å². The smallest absolute Gasteiger partial charge is 0.326 e. The molecule has 0 aromatic heterocycles. The van der Waals surface area contributed by atoms with Gasteiger partial charge >= 0.3 is 5.97 Å². The summed E-state index contributed by atoms with van der Waals surface area (Å²) in [6.45, 7) is 1.68. The van der Waals surface area contributed by atoms with Crippen molar-refractivity contribution in [2.24, 2.45) is 0 Å². The third-order valence-corrected chi connectivity index (χ3v) is 2.66. The molecule has 0 saturated carbocycles. The van der Waals surface area contributed by atoms with Gasteiger partial charge < -0.3 is 19.9 Å². The Kier molecular flexibility index (Phi) is 5.17. The summed E-state index contributed by atoms with van der Waals surface area (Å²) < 4.78 is 10.1. The van der Waals surface area contributed by atoms with Crippen LogP contribution in [0.25, 0.3) is 0 Å². The van der Waals surface area contributed by atoms with Gasteiger partial charge in [-0.2, -0.15) is 0 Å². The second-order valence-corrected chi connectivity index (χ2v) is 3.84. The lowest BCUT2D eigenvalue weighted by molar-refractivity contribution is -0.139. The van der Waals surface area contributed by atoms with Crippen molar-refractivity contribution in [3.05, 3.63) is 23.8 Å². The van der Waals surface area contributed by atoms with Crippen LogP contribution in [0, 0.1) is 0 Å². The lowest BCUT2D eigenvalue weighted by Crippen LogP contribution is -2.40. The quantitative estimate of drug-likeness (QED) is 0.811. The Morgan fingerprint density at radius 1 is 1.32 bits per heavy atom. The van der Waals surface area contributed by atoms with Crippen molar-refractivity contribution in [2.75, 3.05) is 14.2 Å². The van der Waals surface area contributed by atoms with Crippen LogP contribution >= 0.6 is 0 Å². The summed E-state index contributed by atoms with van der Waals surface area (Å²) in [6, 6.07) is 3.79. The highest BCUT2D eigenvalue weighted by Gasteiger charge is 2.20. The van der Waals surface area contributed by atoms with E-state index in [-0.39, 0.29) is 5.56 Å². The second kappa shape index (κ2) is 6.63. The van der Waals surface area contributed by atoms with Crippen molar-refractivity contribution >= 4 is 11.9 Å². The van der Waals surface area contributed by atoms with Gasteiger partial charge in [0.25, 0.3) is 5.91 Å². The number of aliphatic carboxylic acids is 1. The number of carbonyl (C=O) groups is 2. The van der Waals surface area contributed by atoms with Crippen LogP contribution in [-0.2, 0) is 4.79 Å². The summed E-state index contributed by atoms with van der Waals surface area (Å²) in [4.78, 5) is 22.9. The van der Waals surface area contributed by atoms with Crippen molar-refractivity contribution in [3.8, 4) is 11.5 Å². The average molecular weight is 267 g/mol. The fraction of sp³-hybridized carbons (Fsp3) is 0.385. The lowest BCUT2D eigenvalue weighted by atomic mass is 10.1. The van der Waals surface area contributed by atoms with Gasteiger partial charge in [0, 0.05) is 6.07 Å². The molecule has 0 fully saturated rings. The Labute approximate surface area is 111 Å². The molecule has 19 heavy (non-hydrogen) atoms. The first-order valence-electron chi connectivity index (χ1n) is 5.79. The molecular formula is C13H17NO5. The normalized spacial score (nSPS) is 11.5.